The van der Waals surface area contributed by atoms with Gasteiger partial charge in [0.1, 0.15) is 17.5 Å². The largest absolute Gasteiger partial charge is 0.327 e. The van der Waals surface area contributed by atoms with E-state index in [9.17, 15) is 13.2 Å². The topological polar surface area (TPSA) is 26.0 Å². The molecule has 0 saturated heterocycles. The van der Waals surface area contributed by atoms with Gasteiger partial charge in [-0.05, 0) is 48.2 Å². The summed E-state index contributed by atoms with van der Waals surface area (Å²) >= 11 is 0. The molecular formula is C15H14F3N. The van der Waals surface area contributed by atoms with E-state index in [-0.39, 0.29) is 11.9 Å². The molecule has 0 aliphatic carbocycles. The zero-order chi connectivity index (χ0) is 13.8. The minimum Gasteiger partial charge on any atom is -0.327 e. The van der Waals surface area contributed by atoms with Crippen molar-refractivity contribution in [2.75, 3.05) is 0 Å². The lowest BCUT2D eigenvalue weighted by Crippen LogP contribution is -2.25. The number of hydrogen-bond acceptors (Lipinski definition) is 1. The van der Waals surface area contributed by atoms with E-state index in [1.54, 1.807) is 12.1 Å². The van der Waals surface area contributed by atoms with Crippen LogP contribution in [0.25, 0.3) is 0 Å². The van der Waals surface area contributed by atoms with Gasteiger partial charge >= 0.3 is 0 Å². The second-order valence-electron chi connectivity index (χ2n) is 4.58. The van der Waals surface area contributed by atoms with Gasteiger partial charge in [0.15, 0.2) is 0 Å². The van der Waals surface area contributed by atoms with Crippen molar-refractivity contribution in [2.24, 2.45) is 5.73 Å². The first-order valence-electron chi connectivity index (χ1n) is 5.98. The van der Waals surface area contributed by atoms with Gasteiger partial charge in [-0.3, -0.25) is 0 Å². The zero-order valence-corrected chi connectivity index (χ0v) is 10.2. The van der Waals surface area contributed by atoms with Crippen LogP contribution in [0.2, 0.25) is 0 Å². The van der Waals surface area contributed by atoms with Crippen LogP contribution in [0.5, 0.6) is 0 Å². The molecule has 0 aliphatic rings. The number of halogens is 3. The summed E-state index contributed by atoms with van der Waals surface area (Å²) in [5, 5.41) is 0. The van der Waals surface area contributed by atoms with Crippen LogP contribution >= 0.6 is 0 Å². The Bertz CT molecular complexity index is 549. The molecule has 0 amide bonds. The van der Waals surface area contributed by atoms with Gasteiger partial charge in [-0.15, -0.1) is 0 Å². The maximum absolute atomic E-state index is 13.0. The van der Waals surface area contributed by atoms with E-state index in [4.69, 9.17) is 5.73 Å². The van der Waals surface area contributed by atoms with E-state index in [0.29, 0.717) is 18.4 Å². The first-order valence-corrected chi connectivity index (χ1v) is 5.98. The van der Waals surface area contributed by atoms with E-state index in [0.717, 1.165) is 11.6 Å². The zero-order valence-electron chi connectivity index (χ0n) is 10.2. The van der Waals surface area contributed by atoms with Crippen molar-refractivity contribution in [3.05, 3.63) is 71.0 Å². The van der Waals surface area contributed by atoms with Gasteiger partial charge in [0, 0.05) is 12.1 Å². The minimum atomic E-state index is -0.618. The Morgan fingerprint density at radius 2 is 1.37 bits per heavy atom. The quantitative estimate of drug-likeness (QED) is 0.902. The highest BCUT2D eigenvalue weighted by Gasteiger charge is 2.08. The summed E-state index contributed by atoms with van der Waals surface area (Å²) in [6, 6.07) is 9.17. The normalized spacial score (nSPS) is 12.4. The lowest BCUT2D eigenvalue weighted by atomic mass is 9.99. The molecule has 2 aromatic rings. The van der Waals surface area contributed by atoms with E-state index >= 15 is 0 Å². The summed E-state index contributed by atoms with van der Waals surface area (Å²) in [7, 11) is 0. The highest BCUT2D eigenvalue weighted by atomic mass is 19.1. The smallest absolute Gasteiger partial charge is 0.126 e. The van der Waals surface area contributed by atoms with Crippen molar-refractivity contribution in [1.29, 1.82) is 0 Å². The number of benzene rings is 2. The van der Waals surface area contributed by atoms with Gasteiger partial charge in [0.05, 0.1) is 0 Å². The molecule has 2 N–H and O–H groups in total. The minimum absolute atomic E-state index is 0.317. The maximum atomic E-state index is 13.0. The molecule has 0 fully saturated rings. The number of hydrogen-bond donors (Lipinski definition) is 1. The molecule has 4 heteroatoms. The van der Waals surface area contributed by atoms with Gasteiger partial charge in [-0.2, -0.15) is 0 Å². The lowest BCUT2D eigenvalue weighted by Gasteiger charge is -2.12. The van der Waals surface area contributed by atoms with Gasteiger partial charge < -0.3 is 5.73 Å². The fourth-order valence-corrected chi connectivity index (χ4v) is 2.07. The maximum Gasteiger partial charge on any atom is 0.126 e. The molecule has 19 heavy (non-hydrogen) atoms. The average Bonchev–Trinajstić information content (AvgIpc) is 2.26. The molecule has 0 bridgehead atoms. The summed E-state index contributed by atoms with van der Waals surface area (Å²) in [6.45, 7) is 0. The molecule has 2 rings (SSSR count). The van der Waals surface area contributed by atoms with Crippen LogP contribution in [0.3, 0.4) is 0 Å². The third-order valence-electron chi connectivity index (χ3n) is 2.81. The first-order chi connectivity index (χ1) is 9.02. The standard InChI is InChI=1S/C15H14F3N/c16-12-3-1-2-10(4-12)7-15(19)8-11-5-13(17)9-14(18)6-11/h1-6,9,15H,7-8,19H2. The van der Waals surface area contributed by atoms with Crippen LogP contribution in [0.15, 0.2) is 42.5 Å². The number of rotatable bonds is 4. The van der Waals surface area contributed by atoms with E-state index < -0.39 is 11.6 Å². The average molecular weight is 265 g/mol. The molecule has 0 heterocycles. The molecule has 0 spiro atoms. The van der Waals surface area contributed by atoms with E-state index in [1.807, 2.05) is 0 Å². The summed E-state index contributed by atoms with van der Waals surface area (Å²) in [5.74, 6) is -1.55. The van der Waals surface area contributed by atoms with Crippen LogP contribution in [-0.4, -0.2) is 6.04 Å². The van der Waals surface area contributed by atoms with Crippen molar-refractivity contribution in [3.8, 4) is 0 Å². The van der Waals surface area contributed by atoms with E-state index in [2.05, 4.69) is 0 Å². The van der Waals surface area contributed by atoms with Gasteiger partial charge in [0.25, 0.3) is 0 Å². The molecule has 1 nitrogen and oxygen atoms in total. The Morgan fingerprint density at radius 3 is 2.00 bits per heavy atom. The molecule has 2 aromatic carbocycles. The van der Waals surface area contributed by atoms with Crippen LogP contribution in [-0.2, 0) is 12.8 Å². The monoisotopic (exact) mass is 265 g/mol. The number of nitrogens with two attached hydrogens (primary N) is 1. The molecule has 1 unspecified atom stereocenters. The van der Waals surface area contributed by atoms with Crippen molar-refractivity contribution < 1.29 is 13.2 Å². The van der Waals surface area contributed by atoms with Crippen LogP contribution in [0.1, 0.15) is 11.1 Å². The Hall–Kier alpha value is -1.81. The van der Waals surface area contributed by atoms with Crippen LogP contribution < -0.4 is 5.73 Å². The summed E-state index contributed by atoms with van der Waals surface area (Å²) in [5.41, 5.74) is 7.19. The first kappa shape index (κ1) is 13.6. The molecule has 100 valence electrons. The van der Waals surface area contributed by atoms with Crippen LogP contribution in [0, 0.1) is 17.5 Å². The Morgan fingerprint density at radius 1 is 0.789 bits per heavy atom. The molecular weight excluding hydrogens is 251 g/mol. The SMILES string of the molecule is NC(Cc1cccc(F)c1)Cc1cc(F)cc(F)c1. The molecule has 0 aliphatic heterocycles. The van der Waals surface area contributed by atoms with Crippen molar-refractivity contribution >= 4 is 0 Å². The Balaban J connectivity index is 2.03. The summed E-state index contributed by atoms with van der Waals surface area (Å²) < 4.78 is 39.1. The lowest BCUT2D eigenvalue weighted by molar-refractivity contribution is 0.574. The van der Waals surface area contributed by atoms with Gasteiger partial charge in [0.2, 0.25) is 0 Å². The predicted molar refractivity (Wildman–Crippen MR) is 68.1 cm³/mol. The predicted octanol–water partition coefficient (Wildman–Crippen LogP) is 3.22. The second kappa shape index (κ2) is 5.89. The van der Waals surface area contributed by atoms with Crippen molar-refractivity contribution in [3.63, 3.8) is 0 Å². The fraction of sp³-hybridized carbons (Fsp3) is 0.200. The molecule has 1 atom stereocenters. The Kier molecular flexibility index (Phi) is 4.22. The van der Waals surface area contributed by atoms with Crippen molar-refractivity contribution in [1.82, 2.24) is 0 Å². The molecule has 0 aromatic heterocycles. The van der Waals surface area contributed by atoms with E-state index in [1.165, 1.54) is 24.3 Å². The second-order valence-corrected chi connectivity index (χ2v) is 4.58. The van der Waals surface area contributed by atoms with Crippen molar-refractivity contribution in [2.45, 2.75) is 18.9 Å². The molecule has 0 radical (unpaired) electrons. The summed E-state index contributed by atoms with van der Waals surface area (Å²) in [6.07, 6.45) is 0.793. The Labute approximate surface area is 109 Å². The fourth-order valence-electron chi connectivity index (χ4n) is 2.07. The highest BCUT2D eigenvalue weighted by Crippen LogP contribution is 2.12. The van der Waals surface area contributed by atoms with Crippen LogP contribution in [0.4, 0.5) is 13.2 Å². The highest BCUT2D eigenvalue weighted by molar-refractivity contribution is 5.21. The third kappa shape index (κ3) is 4.10. The summed E-state index contributed by atoms with van der Waals surface area (Å²) in [4.78, 5) is 0. The van der Waals surface area contributed by atoms with Gasteiger partial charge in [-0.25, -0.2) is 13.2 Å². The molecule has 0 saturated carbocycles. The third-order valence-corrected chi connectivity index (χ3v) is 2.81. The van der Waals surface area contributed by atoms with Gasteiger partial charge in [-0.1, -0.05) is 12.1 Å².